The minimum atomic E-state index is 0.134. The molecule has 14 heavy (non-hydrogen) atoms. The van der Waals surface area contributed by atoms with Crippen LogP contribution in [0.5, 0.6) is 0 Å². The zero-order valence-electron chi connectivity index (χ0n) is 7.89. The summed E-state index contributed by atoms with van der Waals surface area (Å²) in [5.41, 5.74) is 18.8. The van der Waals surface area contributed by atoms with E-state index in [0.717, 1.165) is 25.1 Å². The molecule has 1 rings (SSSR count). The van der Waals surface area contributed by atoms with Crippen molar-refractivity contribution in [2.24, 2.45) is 17.2 Å². The van der Waals surface area contributed by atoms with E-state index >= 15 is 0 Å². The Morgan fingerprint density at radius 2 is 2.14 bits per heavy atom. The molecule has 0 bridgehead atoms. The Hall–Kier alpha value is -1.13. The van der Waals surface area contributed by atoms with Crippen molar-refractivity contribution in [3.63, 3.8) is 0 Å². The fraction of sp³-hybridized carbons (Fsp3) is 0.333. The Morgan fingerprint density at radius 1 is 1.43 bits per heavy atom. The molecule has 0 aromatic heterocycles. The van der Waals surface area contributed by atoms with Crippen molar-refractivity contribution in [3.05, 3.63) is 34.3 Å². The summed E-state index contributed by atoms with van der Waals surface area (Å²) in [6, 6.07) is 0. The van der Waals surface area contributed by atoms with Gasteiger partial charge in [0.2, 0.25) is 0 Å². The molecule has 1 aliphatic heterocycles. The average Bonchev–Trinajstić information content (AvgIpc) is 2.17. The van der Waals surface area contributed by atoms with Crippen LogP contribution in [0.3, 0.4) is 0 Å². The lowest BCUT2D eigenvalue weighted by Crippen LogP contribution is -2.26. The van der Waals surface area contributed by atoms with Crippen LogP contribution in [0.1, 0.15) is 6.42 Å². The molecule has 0 saturated carbocycles. The Morgan fingerprint density at radius 3 is 2.64 bits per heavy atom. The molecule has 0 spiro atoms. The van der Waals surface area contributed by atoms with Gasteiger partial charge in [0.1, 0.15) is 5.16 Å². The van der Waals surface area contributed by atoms with Gasteiger partial charge in [-0.1, -0.05) is 17.7 Å². The molecule has 7 N–H and O–H groups in total. The maximum absolute atomic E-state index is 5.83. The van der Waals surface area contributed by atoms with Gasteiger partial charge in [0.15, 0.2) is 0 Å². The Bertz CT molecular complexity index is 300. The lowest BCUT2D eigenvalue weighted by Gasteiger charge is -2.15. The van der Waals surface area contributed by atoms with E-state index in [1.165, 1.54) is 6.08 Å². The van der Waals surface area contributed by atoms with Crippen LogP contribution in [0.25, 0.3) is 0 Å². The summed E-state index contributed by atoms with van der Waals surface area (Å²) in [5, 5.41) is 3.34. The van der Waals surface area contributed by atoms with Crippen LogP contribution >= 0.6 is 11.6 Å². The third-order valence-corrected chi connectivity index (χ3v) is 2.09. The van der Waals surface area contributed by atoms with Crippen LogP contribution in [0, 0.1) is 0 Å². The fourth-order valence-corrected chi connectivity index (χ4v) is 1.38. The molecule has 5 heteroatoms. The summed E-state index contributed by atoms with van der Waals surface area (Å²) in [6.45, 7) is 1.72. The van der Waals surface area contributed by atoms with Crippen molar-refractivity contribution >= 4 is 11.6 Å². The van der Waals surface area contributed by atoms with E-state index in [9.17, 15) is 0 Å². The van der Waals surface area contributed by atoms with Crippen LogP contribution in [0.4, 0.5) is 0 Å². The van der Waals surface area contributed by atoms with Gasteiger partial charge in [0.25, 0.3) is 0 Å². The fourth-order valence-electron chi connectivity index (χ4n) is 1.26. The third kappa shape index (κ3) is 2.97. The molecule has 1 aliphatic rings. The van der Waals surface area contributed by atoms with Gasteiger partial charge in [-0.25, -0.2) is 0 Å². The smallest absolute Gasteiger partial charge is 0.101 e. The first-order chi connectivity index (χ1) is 6.61. The lowest BCUT2D eigenvalue weighted by molar-refractivity contribution is 0.704. The molecule has 78 valence electrons. The van der Waals surface area contributed by atoms with E-state index in [-0.39, 0.29) is 5.16 Å². The van der Waals surface area contributed by atoms with Gasteiger partial charge in [0, 0.05) is 6.54 Å². The number of rotatable bonds is 2. The zero-order chi connectivity index (χ0) is 10.6. The SMILES string of the molecule is N/C(Cl)=C\C(N)=C(/N)C1=CCCNC1. The summed E-state index contributed by atoms with van der Waals surface area (Å²) in [6.07, 6.45) is 4.48. The number of allylic oxidation sites excluding steroid dienone is 1. The first kappa shape index (κ1) is 10.9. The summed E-state index contributed by atoms with van der Waals surface area (Å²) in [4.78, 5) is 0. The van der Waals surface area contributed by atoms with Gasteiger partial charge in [-0.2, -0.15) is 0 Å². The standard InChI is InChI=1S/C9H15ClN4/c10-8(12)4-7(11)9(13)6-2-1-3-14-5-6/h2,4,14H,1,3,5,11-13H2/b8-4-,9-7+. The second-order valence-corrected chi connectivity index (χ2v) is 3.53. The molecule has 4 nitrogen and oxygen atoms in total. The van der Waals surface area contributed by atoms with Crippen LogP contribution in [-0.4, -0.2) is 13.1 Å². The van der Waals surface area contributed by atoms with Crippen LogP contribution in [-0.2, 0) is 0 Å². The normalized spacial score (nSPS) is 20.1. The molecule has 0 unspecified atom stereocenters. The summed E-state index contributed by atoms with van der Waals surface area (Å²) in [7, 11) is 0. The number of nitrogens with one attached hydrogen (secondary N) is 1. The van der Waals surface area contributed by atoms with Gasteiger partial charge in [-0.15, -0.1) is 0 Å². The molecule has 0 aromatic rings. The van der Waals surface area contributed by atoms with Crippen LogP contribution in [0.15, 0.2) is 34.3 Å². The van der Waals surface area contributed by atoms with Crippen molar-refractivity contribution in [3.8, 4) is 0 Å². The van der Waals surface area contributed by atoms with Gasteiger partial charge in [0.05, 0.1) is 11.4 Å². The summed E-state index contributed by atoms with van der Waals surface area (Å²) in [5.74, 6) is 0. The second-order valence-electron chi connectivity index (χ2n) is 3.09. The third-order valence-electron chi connectivity index (χ3n) is 1.98. The van der Waals surface area contributed by atoms with Crippen LogP contribution in [0.2, 0.25) is 0 Å². The highest BCUT2D eigenvalue weighted by Crippen LogP contribution is 2.11. The van der Waals surface area contributed by atoms with E-state index in [0.29, 0.717) is 11.4 Å². The molecule has 0 radical (unpaired) electrons. The molecule has 1 heterocycles. The van der Waals surface area contributed by atoms with E-state index in [2.05, 4.69) is 11.4 Å². The van der Waals surface area contributed by atoms with E-state index in [1.807, 2.05) is 0 Å². The van der Waals surface area contributed by atoms with E-state index in [1.54, 1.807) is 0 Å². The Balaban J connectivity index is 2.85. The highest BCUT2D eigenvalue weighted by atomic mass is 35.5. The lowest BCUT2D eigenvalue weighted by atomic mass is 10.1. The maximum Gasteiger partial charge on any atom is 0.101 e. The molecule has 0 saturated heterocycles. The first-order valence-corrected chi connectivity index (χ1v) is 4.77. The molecule has 0 amide bonds. The van der Waals surface area contributed by atoms with E-state index < -0.39 is 0 Å². The minimum absolute atomic E-state index is 0.134. The van der Waals surface area contributed by atoms with Gasteiger partial charge in [-0.3, -0.25) is 0 Å². The molecular formula is C9H15ClN4. The maximum atomic E-state index is 5.83. The average molecular weight is 215 g/mol. The van der Waals surface area contributed by atoms with Crippen molar-refractivity contribution < 1.29 is 0 Å². The van der Waals surface area contributed by atoms with E-state index in [4.69, 9.17) is 28.8 Å². The predicted molar refractivity (Wildman–Crippen MR) is 59.1 cm³/mol. The van der Waals surface area contributed by atoms with Gasteiger partial charge < -0.3 is 22.5 Å². The topological polar surface area (TPSA) is 90.1 Å². The monoisotopic (exact) mass is 214 g/mol. The molecule has 0 atom stereocenters. The second kappa shape index (κ2) is 4.93. The number of hydrogen-bond donors (Lipinski definition) is 4. The van der Waals surface area contributed by atoms with Crippen molar-refractivity contribution in [1.29, 1.82) is 0 Å². The quantitative estimate of drug-likeness (QED) is 0.387. The highest BCUT2D eigenvalue weighted by molar-refractivity contribution is 6.29. The van der Waals surface area contributed by atoms with Crippen LogP contribution < -0.4 is 22.5 Å². The number of halogens is 1. The number of hydrogen-bond acceptors (Lipinski definition) is 4. The van der Waals surface area contributed by atoms with Crippen molar-refractivity contribution in [1.82, 2.24) is 5.32 Å². The summed E-state index contributed by atoms with van der Waals surface area (Å²) >= 11 is 5.49. The largest absolute Gasteiger partial charge is 0.397 e. The highest BCUT2D eigenvalue weighted by Gasteiger charge is 2.07. The molecule has 0 aliphatic carbocycles. The van der Waals surface area contributed by atoms with Crippen molar-refractivity contribution in [2.75, 3.05) is 13.1 Å². The first-order valence-electron chi connectivity index (χ1n) is 4.39. The summed E-state index contributed by atoms with van der Waals surface area (Å²) < 4.78 is 0. The van der Waals surface area contributed by atoms with Gasteiger partial charge in [-0.05, 0) is 24.6 Å². The van der Waals surface area contributed by atoms with Gasteiger partial charge >= 0.3 is 0 Å². The zero-order valence-corrected chi connectivity index (χ0v) is 8.64. The molecular weight excluding hydrogens is 200 g/mol. The molecule has 0 aromatic carbocycles. The minimum Gasteiger partial charge on any atom is -0.397 e. The predicted octanol–water partition coefficient (Wildman–Crippen LogP) is 0.0740. The Kier molecular flexibility index (Phi) is 3.85. The Labute approximate surface area is 88.5 Å². The number of nitrogens with two attached hydrogens (primary N) is 3. The molecule has 0 fully saturated rings. The van der Waals surface area contributed by atoms with Crippen molar-refractivity contribution in [2.45, 2.75) is 6.42 Å².